The number of hydrogen-bond acceptors (Lipinski definition) is 2. The number of piperazine rings is 1. The predicted octanol–water partition coefficient (Wildman–Crippen LogP) is 1.02. The van der Waals surface area contributed by atoms with Crippen molar-refractivity contribution in [1.82, 2.24) is 10.2 Å². The van der Waals surface area contributed by atoms with Gasteiger partial charge in [0.1, 0.15) is 6.04 Å². The molecule has 1 saturated heterocycles. The van der Waals surface area contributed by atoms with Gasteiger partial charge in [-0.3, -0.25) is 9.59 Å². The third-order valence-electron chi connectivity index (χ3n) is 3.12. The normalized spacial score (nSPS) is 23.6. The smallest absolute Gasteiger partial charge is 0.245 e. The third kappa shape index (κ3) is 2.97. The summed E-state index contributed by atoms with van der Waals surface area (Å²) in [4.78, 5) is 25.3. The van der Waals surface area contributed by atoms with Crippen molar-refractivity contribution in [3.8, 4) is 0 Å². The van der Waals surface area contributed by atoms with Gasteiger partial charge in [-0.25, -0.2) is 0 Å². The Labute approximate surface area is 97.4 Å². The summed E-state index contributed by atoms with van der Waals surface area (Å²) in [5, 5.41) is 2.76. The minimum absolute atomic E-state index is 0.0402. The summed E-state index contributed by atoms with van der Waals surface area (Å²) in [5.41, 5.74) is 0. The molecule has 4 heteroatoms. The van der Waals surface area contributed by atoms with Crippen LogP contribution in [-0.2, 0) is 9.59 Å². The molecule has 1 rings (SSSR count). The summed E-state index contributed by atoms with van der Waals surface area (Å²) in [6.07, 6.45) is 1.03. The van der Waals surface area contributed by atoms with Gasteiger partial charge in [-0.05, 0) is 11.8 Å². The fourth-order valence-electron chi connectivity index (χ4n) is 1.84. The monoisotopic (exact) mass is 226 g/mol. The second-order valence-electron chi connectivity index (χ2n) is 5.02. The van der Waals surface area contributed by atoms with Crippen molar-refractivity contribution in [2.45, 2.75) is 40.2 Å². The number of nitrogens with zero attached hydrogens (tertiary/aromatic N) is 1. The van der Waals surface area contributed by atoms with Crippen LogP contribution in [0.5, 0.6) is 0 Å². The van der Waals surface area contributed by atoms with Crippen molar-refractivity contribution in [3.63, 3.8) is 0 Å². The maximum Gasteiger partial charge on any atom is 0.245 e. The molecule has 92 valence electrons. The first-order chi connectivity index (χ1) is 7.45. The van der Waals surface area contributed by atoms with E-state index in [0.717, 1.165) is 6.42 Å². The lowest BCUT2D eigenvalue weighted by molar-refractivity contribution is -0.146. The molecule has 0 aromatic carbocycles. The first kappa shape index (κ1) is 13.0. The average Bonchev–Trinajstić information content (AvgIpc) is 2.22. The Morgan fingerprint density at radius 2 is 2.00 bits per heavy atom. The van der Waals surface area contributed by atoms with Gasteiger partial charge in [0.15, 0.2) is 0 Å². The standard InChI is InChI=1S/C12H22N2O2/c1-5-9(4)6-14-7-10(15)13-11(8(2)3)12(14)16/h8-9,11H,5-7H2,1-4H3,(H,13,15). The highest BCUT2D eigenvalue weighted by Crippen LogP contribution is 2.13. The minimum atomic E-state index is -0.342. The van der Waals surface area contributed by atoms with Crippen molar-refractivity contribution >= 4 is 11.8 Å². The molecule has 1 fully saturated rings. The van der Waals surface area contributed by atoms with Crippen LogP contribution in [0.25, 0.3) is 0 Å². The van der Waals surface area contributed by atoms with E-state index in [1.54, 1.807) is 4.90 Å². The quantitative estimate of drug-likeness (QED) is 0.778. The van der Waals surface area contributed by atoms with Gasteiger partial charge in [-0.15, -0.1) is 0 Å². The zero-order valence-corrected chi connectivity index (χ0v) is 10.6. The van der Waals surface area contributed by atoms with Gasteiger partial charge in [0.2, 0.25) is 11.8 Å². The zero-order valence-electron chi connectivity index (χ0n) is 10.6. The summed E-state index contributed by atoms with van der Waals surface area (Å²) in [6.45, 7) is 9.01. The van der Waals surface area contributed by atoms with Gasteiger partial charge in [-0.1, -0.05) is 34.1 Å². The van der Waals surface area contributed by atoms with E-state index in [1.807, 2.05) is 13.8 Å². The number of carbonyl (C=O) groups excluding carboxylic acids is 2. The maximum absolute atomic E-state index is 12.1. The van der Waals surface area contributed by atoms with E-state index in [9.17, 15) is 9.59 Å². The van der Waals surface area contributed by atoms with Gasteiger partial charge in [-0.2, -0.15) is 0 Å². The highest BCUT2D eigenvalue weighted by atomic mass is 16.2. The Bertz CT molecular complexity index is 276. The molecule has 4 nitrogen and oxygen atoms in total. The van der Waals surface area contributed by atoms with E-state index >= 15 is 0 Å². The van der Waals surface area contributed by atoms with E-state index < -0.39 is 0 Å². The molecule has 2 unspecified atom stereocenters. The molecule has 1 aliphatic heterocycles. The van der Waals surface area contributed by atoms with Crippen LogP contribution in [0.3, 0.4) is 0 Å². The summed E-state index contributed by atoms with van der Waals surface area (Å²) >= 11 is 0. The number of nitrogens with one attached hydrogen (secondary N) is 1. The molecule has 0 aromatic heterocycles. The van der Waals surface area contributed by atoms with Gasteiger partial charge in [0.05, 0.1) is 6.54 Å². The average molecular weight is 226 g/mol. The number of carbonyl (C=O) groups is 2. The molecule has 0 radical (unpaired) electrons. The molecule has 0 aliphatic carbocycles. The molecule has 2 amide bonds. The molecule has 0 aromatic rings. The predicted molar refractivity (Wildman–Crippen MR) is 62.8 cm³/mol. The van der Waals surface area contributed by atoms with Gasteiger partial charge in [0.25, 0.3) is 0 Å². The molecule has 1 N–H and O–H groups in total. The van der Waals surface area contributed by atoms with Gasteiger partial charge < -0.3 is 10.2 Å². The van der Waals surface area contributed by atoms with Crippen molar-refractivity contribution in [3.05, 3.63) is 0 Å². The molecule has 0 saturated carbocycles. The molecule has 1 heterocycles. The Hall–Kier alpha value is -1.06. The van der Waals surface area contributed by atoms with Gasteiger partial charge >= 0.3 is 0 Å². The number of rotatable bonds is 4. The highest BCUT2D eigenvalue weighted by molar-refractivity contribution is 5.94. The van der Waals surface area contributed by atoms with Crippen LogP contribution in [0.2, 0.25) is 0 Å². The van der Waals surface area contributed by atoms with Crippen LogP contribution in [0.15, 0.2) is 0 Å². The lowest BCUT2D eigenvalue weighted by Gasteiger charge is -2.35. The zero-order chi connectivity index (χ0) is 12.3. The van der Waals surface area contributed by atoms with Crippen LogP contribution in [0, 0.1) is 11.8 Å². The summed E-state index contributed by atoms with van der Waals surface area (Å²) in [7, 11) is 0. The number of hydrogen-bond donors (Lipinski definition) is 1. The van der Waals surface area contributed by atoms with Crippen LogP contribution in [0.1, 0.15) is 34.1 Å². The Kier molecular flexibility index (Phi) is 4.33. The summed E-state index contributed by atoms with van der Waals surface area (Å²) < 4.78 is 0. The largest absolute Gasteiger partial charge is 0.343 e. The van der Waals surface area contributed by atoms with Crippen molar-refractivity contribution in [2.75, 3.05) is 13.1 Å². The van der Waals surface area contributed by atoms with Crippen molar-refractivity contribution in [2.24, 2.45) is 11.8 Å². The maximum atomic E-state index is 12.1. The second kappa shape index (κ2) is 5.32. The Morgan fingerprint density at radius 1 is 1.38 bits per heavy atom. The SMILES string of the molecule is CCC(C)CN1CC(=O)NC(C(C)C)C1=O. The van der Waals surface area contributed by atoms with Crippen molar-refractivity contribution < 1.29 is 9.59 Å². The first-order valence-electron chi connectivity index (χ1n) is 6.03. The summed E-state index contributed by atoms with van der Waals surface area (Å²) in [5.74, 6) is 0.621. The molecule has 0 bridgehead atoms. The van der Waals surface area contributed by atoms with Crippen LogP contribution in [-0.4, -0.2) is 35.8 Å². The van der Waals surface area contributed by atoms with Crippen molar-refractivity contribution in [1.29, 1.82) is 0 Å². The molecule has 16 heavy (non-hydrogen) atoms. The lowest BCUT2D eigenvalue weighted by atomic mass is 9.99. The molecular formula is C12H22N2O2. The van der Waals surface area contributed by atoms with Crippen LogP contribution >= 0.6 is 0 Å². The third-order valence-corrected chi connectivity index (χ3v) is 3.12. The van der Waals surface area contributed by atoms with E-state index in [1.165, 1.54) is 0 Å². The van der Waals surface area contributed by atoms with Gasteiger partial charge in [0, 0.05) is 6.54 Å². The van der Waals surface area contributed by atoms with E-state index in [4.69, 9.17) is 0 Å². The van der Waals surface area contributed by atoms with Crippen LogP contribution < -0.4 is 5.32 Å². The lowest BCUT2D eigenvalue weighted by Crippen LogP contribution is -2.60. The fourth-order valence-corrected chi connectivity index (χ4v) is 1.84. The van der Waals surface area contributed by atoms with Crippen LogP contribution in [0.4, 0.5) is 0 Å². The topological polar surface area (TPSA) is 49.4 Å². The molecule has 2 atom stereocenters. The first-order valence-corrected chi connectivity index (χ1v) is 6.03. The van der Waals surface area contributed by atoms with E-state index in [-0.39, 0.29) is 30.3 Å². The Balaban J connectivity index is 2.69. The molecule has 1 aliphatic rings. The van der Waals surface area contributed by atoms with E-state index in [2.05, 4.69) is 19.2 Å². The number of amides is 2. The minimum Gasteiger partial charge on any atom is -0.343 e. The second-order valence-corrected chi connectivity index (χ2v) is 5.02. The Morgan fingerprint density at radius 3 is 2.50 bits per heavy atom. The highest BCUT2D eigenvalue weighted by Gasteiger charge is 2.34. The molecular weight excluding hydrogens is 204 g/mol. The fraction of sp³-hybridized carbons (Fsp3) is 0.833. The van der Waals surface area contributed by atoms with E-state index in [0.29, 0.717) is 12.5 Å². The summed E-state index contributed by atoms with van der Waals surface area (Å²) in [6, 6.07) is -0.342. The molecule has 0 spiro atoms.